The minimum atomic E-state index is 0.0899. The van der Waals surface area contributed by atoms with E-state index in [-0.39, 0.29) is 6.04 Å². The van der Waals surface area contributed by atoms with Gasteiger partial charge >= 0.3 is 0 Å². The van der Waals surface area contributed by atoms with E-state index in [4.69, 9.17) is 0 Å². The van der Waals surface area contributed by atoms with Crippen LogP contribution in [0.2, 0.25) is 0 Å². The Morgan fingerprint density at radius 2 is 2.29 bits per heavy atom. The highest BCUT2D eigenvalue weighted by Gasteiger charge is 2.26. The lowest BCUT2D eigenvalue weighted by molar-refractivity contribution is 0.599. The molecule has 21 heavy (non-hydrogen) atoms. The van der Waals surface area contributed by atoms with Crippen molar-refractivity contribution in [1.82, 2.24) is 4.90 Å². The molecule has 0 bridgehead atoms. The van der Waals surface area contributed by atoms with Crippen LogP contribution in [0.1, 0.15) is 6.42 Å². The third-order valence-corrected chi connectivity index (χ3v) is 3.97. The van der Waals surface area contributed by atoms with E-state index in [1.807, 2.05) is 48.8 Å². The third-order valence-electron chi connectivity index (χ3n) is 3.48. The van der Waals surface area contributed by atoms with E-state index in [0.29, 0.717) is 0 Å². The Balaban J connectivity index is 1.96. The fraction of sp³-hybridized carbons (Fsp3) is 0.267. The Kier molecular flexibility index (Phi) is 3.88. The second-order valence-electron chi connectivity index (χ2n) is 4.93. The summed E-state index contributed by atoms with van der Waals surface area (Å²) in [6, 6.07) is 8.17. The predicted octanol–water partition coefficient (Wildman–Crippen LogP) is 2.92. The number of hydrogen-bond acceptors (Lipinski definition) is 4. The molecular weight excluding hydrogens is 330 g/mol. The Bertz CT molecular complexity index is 674. The highest BCUT2D eigenvalue weighted by molar-refractivity contribution is 9.10. The molecule has 2 aliphatic heterocycles. The van der Waals surface area contributed by atoms with Gasteiger partial charge < -0.3 is 10.2 Å². The minimum absolute atomic E-state index is 0.0899. The molecule has 0 aromatic heterocycles. The first-order valence-corrected chi connectivity index (χ1v) is 7.49. The van der Waals surface area contributed by atoms with Gasteiger partial charge in [-0.05, 0) is 18.2 Å². The highest BCUT2D eigenvalue weighted by Crippen LogP contribution is 2.26. The molecule has 108 valence electrons. The molecule has 0 fully saturated rings. The summed E-state index contributed by atoms with van der Waals surface area (Å²) in [5.74, 6) is 1.85. The van der Waals surface area contributed by atoms with E-state index in [1.165, 1.54) is 0 Å². The van der Waals surface area contributed by atoms with Gasteiger partial charge in [0.05, 0.1) is 12.4 Å². The van der Waals surface area contributed by atoms with Gasteiger partial charge in [-0.1, -0.05) is 22.0 Å². The van der Waals surface area contributed by atoms with E-state index in [0.717, 1.165) is 33.8 Å². The summed E-state index contributed by atoms with van der Waals surface area (Å²) in [4.78, 5) is 15.1. The predicted molar refractivity (Wildman–Crippen MR) is 91.3 cm³/mol. The van der Waals surface area contributed by atoms with E-state index in [1.54, 1.807) is 7.05 Å². The van der Waals surface area contributed by atoms with Gasteiger partial charge in [-0.25, -0.2) is 4.99 Å². The first-order valence-electron chi connectivity index (χ1n) is 6.70. The average Bonchev–Trinajstić information content (AvgIpc) is 2.50. The summed E-state index contributed by atoms with van der Waals surface area (Å²) in [6.45, 7) is 0. The van der Waals surface area contributed by atoms with Crippen molar-refractivity contribution in [2.45, 2.75) is 12.5 Å². The molecule has 1 N–H and O–H groups in total. The Hall–Kier alpha value is -1.95. The molecule has 6 heteroatoms. The van der Waals surface area contributed by atoms with Crippen molar-refractivity contribution in [3.63, 3.8) is 0 Å². The van der Waals surface area contributed by atoms with E-state index >= 15 is 0 Å². The van der Waals surface area contributed by atoms with E-state index < -0.39 is 0 Å². The summed E-state index contributed by atoms with van der Waals surface area (Å²) < 4.78 is 1.04. The van der Waals surface area contributed by atoms with Crippen molar-refractivity contribution >= 4 is 40.0 Å². The maximum Gasteiger partial charge on any atom is 0.125 e. The summed E-state index contributed by atoms with van der Waals surface area (Å²) in [7, 11) is 3.74. The number of nitrogens with zero attached hydrogens (tertiary/aromatic N) is 4. The highest BCUT2D eigenvalue weighted by atomic mass is 79.9. The number of fused-ring (bicyclic) bond motifs is 1. The van der Waals surface area contributed by atoms with Crippen molar-refractivity contribution in [1.29, 1.82) is 0 Å². The van der Waals surface area contributed by atoms with Crippen LogP contribution in [-0.2, 0) is 0 Å². The number of benzene rings is 1. The number of anilines is 1. The standard InChI is InChI=1S/C15H16BrN5/c1-17-14-7-13-12(8-18-14)15(21(2)9-19-13)20-11-5-3-4-10(16)6-11/h3-6,8-9,13,20H,7H2,1-2H3. The van der Waals surface area contributed by atoms with Crippen LogP contribution in [0.25, 0.3) is 0 Å². The maximum atomic E-state index is 4.56. The summed E-state index contributed by atoms with van der Waals surface area (Å²) in [5, 5.41) is 3.46. The van der Waals surface area contributed by atoms with Gasteiger partial charge in [-0.2, -0.15) is 0 Å². The lowest BCUT2D eigenvalue weighted by atomic mass is 10.0. The number of amidine groups is 1. The SMILES string of the molecule is CN=C1CC2N=CN(C)C(Nc3cccc(Br)c3)=C2C=N1. The zero-order chi connectivity index (χ0) is 14.8. The van der Waals surface area contributed by atoms with Gasteiger partial charge in [0.25, 0.3) is 0 Å². The first kappa shape index (κ1) is 14.0. The molecule has 1 aromatic carbocycles. The lowest BCUT2D eigenvalue weighted by Gasteiger charge is -2.30. The maximum absolute atomic E-state index is 4.56. The van der Waals surface area contributed by atoms with Gasteiger partial charge in [-0.3, -0.25) is 9.98 Å². The van der Waals surface area contributed by atoms with Crippen LogP contribution in [-0.4, -0.2) is 43.4 Å². The van der Waals surface area contributed by atoms with Crippen molar-refractivity contribution < 1.29 is 0 Å². The van der Waals surface area contributed by atoms with Gasteiger partial charge in [0.1, 0.15) is 11.7 Å². The molecule has 3 rings (SSSR count). The van der Waals surface area contributed by atoms with Crippen molar-refractivity contribution in [2.75, 3.05) is 19.4 Å². The van der Waals surface area contributed by atoms with Crippen LogP contribution in [0.4, 0.5) is 5.69 Å². The van der Waals surface area contributed by atoms with Crippen LogP contribution in [0.15, 0.2) is 55.1 Å². The van der Waals surface area contributed by atoms with Crippen molar-refractivity contribution in [3.8, 4) is 0 Å². The van der Waals surface area contributed by atoms with Gasteiger partial charge in [-0.15, -0.1) is 0 Å². The molecular formula is C15H16BrN5. The zero-order valence-corrected chi connectivity index (χ0v) is 13.5. The molecule has 0 saturated carbocycles. The number of nitrogens with one attached hydrogen (secondary N) is 1. The molecule has 0 radical (unpaired) electrons. The van der Waals surface area contributed by atoms with Crippen LogP contribution < -0.4 is 5.32 Å². The quantitative estimate of drug-likeness (QED) is 0.895. The largest absolute Gasteiger partial charge is 0.341 e. The van der Waals surface area contributed by atoms with Crippen LogP contribution in [0, 0.1) is 0 Å². The fourth-order valence-corrected chi connectivity index (χ4v) is 2.77. The Morgan fingerprint density at radius 1 is 1.43 bits per heavy atom. The Morgan fingerprint density at radius 3 is 3.05 bits per heavy atom. The van der Waals surface area contributed by atoms with E-state index in [9.17, 15) is 0 Å². The molecule has 0 spiro atoms. The molecule has 2 heterocycles. The summed E-state index contributed by atoms with van der Waals surface area (Å²) in [5.41, 5.74) is 2.11. The third kappa shape index (κ3) is 2.90. The smallest absolute Gasteiger partial charge is 0.125 e. The first-order chi connectivity index (χ1) is 10.2. The van der Waals surface area contributed by atoms with Gasteiger partial charge in [0.15, 0.2) is 0 Å². The molecule has 2 aliphatic rings. The van der Waals surface area contributed by atoms with Gasteiger partial charge in [0.2, 0.25) is 0 Å². The molecule has 1 aromatic rings. The molecule has 0 saturated heterocycles. The molecule has 0 aliphatic carbocycles. The average molecular weight is 346 g/mol. The van der Waals surface area contributed by atoms with Gasteiger partial charge in [0, 0.05) is 42.5 Å². The zero-order valence-electron chi connectivity index (χ0n) is 11.9. The number of hydrogen-bond donors (Lipinski definition) is 1. The van der Waals surface area contributed by atoms with Crippen LogP contribution in [0.3, 0.4) is 0 Å². The lowest BCUT2D eigenvalue weighted by Crippen LogP contribution is -2.34. The summed E-state index contributed by atoms with van der Waals surface area (Å²) >= 11 is 3.49. The van der Waals surface area contributed by atoms with Crippen LogP contribution in [0.5, 0.6) is 0 Å². The van der Waals surface area contributed by atoms with Crippen molar-refractivity contribution in [3.05, 3.63) is 40.1 Å². The topological polar surface area (TPSA) is 52.4 Å². The molecule has 1 atom stereocenters. The number of aliphatic imine (C=N–C) groups is 3. The molecule has 1 unspecified atom stereocenters. The Labute approximate surface area is 132 Å². The molecule has 5 nitrogen and oxygen atoms in total. The monoisotopic (exact) mass is 345 g/mol. The number of rotatable bonds is 2. The van der Waals surface area contributed by atoms with E-state index in [2.05, 4.69) is 36.2 Å². The van der Waals surface area contributed by atoms with Crippen molar-refractivity contribution in [2.24, 2.45) is 15.0 Å². The minimum Gasteiger partial charge on any atom is -0.341 e. The fourth-order valence-electron chi connectivity index (χ4n) is 2.37. The summed E-state index contributed by atoms with van der Waals surface area (Å²) in [6.07, 6.45) is 4.46. The second-order valence-corrected chi connectivity index (χ2v) is 5.85. The van der Waals surface area contributed by atoms with Crippen LogP contribution >= 0.6 is 15.9 Å². The normalized spacial score (nSPS) is 22.7. The second kappa shape index (κ2) is 5.81. The number of halogens is 1. The molecule has 0 amide bonds.